The van der Waals surface area contributed by atoms with E-state index in [1.807, 2.05) is 36.4 Å². The van der Waals surface area contributed by atoms with Gasteiger partial charge in [0, 0.05) is 18.3 Å². The fraction of sp³-hybridized carbons (Fsp3) is 0.333. The second-order valence-electron chi connectivity index (χ2n) is 3.33. The molecule has 0 saturated carbocycles. The molecule has 0 atom stereocenters. The normalized spacial score (nSPS) is 9.50. The molecule has 1 rings (SSSR count). The maximum Gasteiger partial charge on any atom is 0.224 e. The van der Waals surface area contributed by atoms with Crippen LogP contribution in [0.2, 0.25) is 0 Å². The zero-order chi connectivity index (χ0) is 11.8. The summed E-state index contributed by atoms with van der Waals surface area (Å²) in [6.07, 6.45) is 0.425. The van der Waals surface area contributed by atoms with Gasteiger partial charge in [0.1, 0.15) is 6.54 Å². The third-order valence-corrected chi connectivity index (χ3v) is 2.54. The number of hydrogen-bond donors (Lipinski definition) is 0. The number of carbonyl (C=O) groups excluding carboxylic acids is 1. The van der Waals surface area contributed by atoms with Crippen molar-refractivity contribution >= 4 is 21.8 Å². The van der Waals surface area contributed by atoms with Crippen molar-refractivity contribution in [1.82, 2.24) is 4.90 Å². The fourth-order valence-corrected chi connectivity index (χ4v) is 1.70. The quantitative estimate of drug-likeness (QED) is 0.614. The average molecular weight is 281 g/mol. The molecule has 0 N–H and O–H groups in total. The molecule has 1 amide bonds. The summed E-state index contributed by atoms with van der Waals surface area (Å²) in [6.45, 7) is 0.640. The molecule has 0 heterocycles. The van der Waals surface area contributed by atoms with Crippen LogP contribution in [-0.2, 0) is 11.3 Å². The van der Waals surface area contributed by atoms with Crippen molar-refractivity contribution in [3.05, 3.63) is 35.9 Å². The van der Waals surface area contributed by atoms with Gasteiger partial charge in [0.25, 0.3) is 0 Å². The van der Waals surface area contributed by atoms with Gasteiger partial charge in [-0.2, -0.15) is 5.26 Å². The molecule has 0 fully saturated rings. The first-order chi connectivity index (χ1) is 7.77. The first-order valence-corrected chi connectivity index (χ1v) is 6.14. The molecule has 0 aliphatic rings. The number of carbonyl (C=O) groups is 1. The Bertz CT molecular complexity index is 372. The molecule has 3 nitrogen and oxygen atoms in total. The van der Waals surface area contributed by atoms with Crippen molar-refractivity contribution in [3.63, 3.8) is 0 Å². The summed E-state index contributed by atoms with van der Waals surface area (Å²) in [4.78, 5) is 13.2. The molecule has 1 aromatic carbocycles. The lowest BCUT2D eigenvalue weighted by atomic mass is 10.2. The molecule has 0 bridgehead atoms. The van der Waals surface area contributed by atoms with E-state index in [0.29, 0.717) is 18.3 Å². The second kappa shape index (κ2) is 7.02. The molecule has 16 heavy (non-hydrogen) atoms. The number of rotatable bonds is 5. The summed E-state index contributed by atoms with van der Waals surface area (Å²) in [6, 6.07) is 11.7. The Morgan fingerprint density at radius 2 is 2.06 bits per heavy atom. The summed E-state index contributed by atoms with van der Waals surface area (Å²) in [7, 11) is 0. The predicted octanol–water partition coefficient (Wildman–Crippen LogP) is 2.32. The van der Waals surface area contributed by atoms with Gasteiger partial charge in [-0.05, 0) is 5.56 Å². The van der Waals surface area contributed by atoms with E-state index in [-0.39, 0.29) is 12.5 Å². The molecule has 84 valence electrons. The molecule has 0 aliphatic heterocycles. The van der Waals surface area contributed by atoms with Crippen LogP contribution >= 0.6 is 15.9 Å². The summed E-state index contributed by atoms with van der Waals surface area (Å²) >= 11 is 3.22. The Balaban J connectivity index is 2.65. The van der Waals surface area contributed by atoms with Gasteiger partial charge in [-0.25, -0.2) is 0 Å². The average Bonchev–Trinajstić information content (AvgIpc) is 2.30. The smallest absolute Gasteiger partial charge is 0.224 e. The Morgan fingerprint density at radius 3 is 2.62 bits per heavy atom. The van der Waals surface area contributed by atoms with Gasteiger partial charge in [-0.15, -0.1) is 0 Å². The van der Waals surface area contributed by atoms with E-state index in [9.17, 15) is 4.79 Å². The van der Waals surface area contributed by atoms with Gasteiger partial charge in [-0.3, -0.25) is 4.79 Å². The minimum absolute atomic E-state index is 0.00211. The van der Waals surface area contributed by atoms with E-state index in [1.165, 1.54) is 0 Å². The Hall–Kier alpha value is -1.34. The molecular formula is C12H13BrN2O. The van der Waals surface area contributed by atoms with Gasteiger partial charge in [0.2, 0.25) is 5.91 Å². The minimum Gasteiger partial charge on any atom is -0.325 e. The number of amides is 1. The van der Waals surface area contributed by atoms with Crippen LogP contribution in [0.1, 0.15) is 12.0 Å². The van der Waals surface area contributed by atoms with E-state index in [4.69, 9.17) is 5.26 Å². The predicted molar refractivity (Wildman–Crippen MR) is 65.9 cm³/mol. The summed E-state index contributed by atoms with van der Waals surface area (Å²) in [5, 5.41) is 9.30. The number of nitriles is 1. The highest BCUT2D eigenvalue weighted by Gasteiger charge is 2.12. The fourth-order valence-electron chi connectivity index (χ4n) is 1.36. The van der Waals surface area contributed by atoms with Gasteiger partial charge in [-0.1, -0.05) is 46.3 Å². The Kier molecular flexibility index (Phi) is 5.58. The van der Waals surface area contributed by atoms with E-state index in [1.54, 1.807) is 4.90 Å². The Labute approximate surface area is 104 Å². The number of hydrogen-bond acceptors (Lipinski definition) is 2. The van der Waals surface area contributed by atoms with E-state index in [2.05, 4.69) is 15.9 Å². The zero-order valence-corrected chi connectivity index (χ0v) is 10.5. The standard InChI is InChI=1S/C12H13BrN2O/c13-7-6-12(16)15(9-8-14)10-11-4-2-1-3-5-11/h1-5H,6-7,9-10H2. The molecular weight excluding hydrogens is 268 g/mol. The van der Waals surface area contributed by atoms with Crippen LogP contribution in [-0.4, -0.2) is 22.7 Å². The summed E-state index contributed by atoms with van der Waals surface area (Å²) in [5.41, 5.74) is 1.04. The molecule has 0 aliphatic carbocycles. The lowest BCUT2D eigenvalue weighted by Crippen LogP contribution is -2.30. The monoisotopic (exact) mass is 280 g/mol. The van der Waals surface area contributed by atoms with Crippen molar-refractivity contribution in [1.29, 1.82) is 5.26 Å². The highest BCUT2D eigenvalue weighted by molar-refractivity contribution is 9.09. The molecule has 0 radical (unpaired) electrons. The highest BCUT2D eigenvalue weighted by atomic mass is 79.9. The van der Waals surface area contributed by atoms with E-state index < -0.39 is 0 Å². The van der Waals surface area contributed by atoms with Crippen LogP contribution in [0.4, 0.5) is 0 Å². The van der Waals surface area contributed by atoms with E-state index in [0.717, 1.165) is 5.56 Å². The minimum atomic E-state index is 0.00211. The van der Waals surface area contributed by atoms with Crippen molar-refractivity contribution in [3.8, 4) is 6.07 Å². The summed E-state index contributed by atoms with van der Waals surface area (Å²) < 4.78 is 0. The number of halogens is 1. The van der Waals surface area contributed by atoms with Gasteiger partial charge >= 0.3 is 0 Å². The number of nitrogens with zero attached hydrogens (tertiary/aromatic N) is 2. The largest absolute Gasteiger partial charge is 0.325 e. The van der Waals surface area contributed by atoms with Crippen LogP contribution in [0.3, 0.4) is 0 Å². The number of benzene rings is 1. The van der Waals surface area contributed by atoms with Crippen LogP contribution in [0.25, 0.3) is 0 Å². The van der Waals surface area contributed by atoms with Crippen LogP contribution in [0.5, 0.6) is 0 Å². The first-order valence-electron chi connectivity index (χ1n) is 5.02. The third-order valence-electron chi connectivity index (χ3n) is 2.14. The first kappa shape index (κ1) is 12.7. The van der Waals surface area contributed by atoms with E-state index >= 15 is 0 Å². The van der Waals surface area contributed by atoms with Crippen LogP contribution < -0.4 is 0 Å². The molecule has 4 heteroatoms. The second-order valence-corrected chi connectivity index (χ2v) is 4.13. The van der Waals surface area contributed by atoms with Gasteiger partial charge < -0.3 is 4.90 Å². The van der Waals surface area contributed by atoms with Crippen molar-refractivity contribution < 1.29 is 4.79 Å². The molecule has 1 aromatic rings. The van der Waals surface area contributed by atoms with Gasteiger partial charge in [0.15, 0.2) is 0 Å². The topological polar surface area (TPSA) is 44.1 Å². The lowest BCUT2D eigenvalue weighted by Gasteiger charge is -2.19. The number of alkyl halides is 1. The lowest BCUT2D eigenvalue weighted by molar-refractivity contribution is -0.130. The Morgan fingerprint density at radius 1 is 1.38 bits per heavy atom. The SMILES string of the molecule is N#CCN(Cc1ccccc1)C(=O)CCBr. The van der Waals surface area contributed by atoms with Crippen LogP contribution in [0, 0.1) is 11.3 Å². The molecule has 0 unspecified atom stereocenters. The maximum atomic E-state index is 11.7. The van der Waals surface area contributed by atoms with Gasteiger partial charge in [0.05, 0.1) is 6.07 Å². The maximum absolute atomic E-state index is 11.7. The highest BCUT2D eigenvalue weighted by Crippen LogP contribution is 2.06. The summed E-state index contributed by atoms with van der Waals surface area (Å²) in [5.74, 6) is 0.00211. The molecule has 0 aromatic heterocycles. The van der Waals surface area contributed by atoms with Crippen molar-refractivity contribution in [2.45, 2.75) is 13.0 Å². The van der Waals surface area contributed by atoms with Crippen molar-refractivity contribution in [2.24, 2.45) is 0 Å². The van der Waals surface area contributed by atoms with Crippen LogP contribution in [0.15, 0.2) is 30.3 Å². The third kappa shape index (κ3) is 4.03. The molecule has 0 spiro atoms. The van der Waals surface area contributed by atoms with Crippen molar-refractivity contribution in [2.75, 3.05) is 11.9 Å². The molecule has 0 saturated heterocycles. The zero-order valence-electron chi connectivity index (χ0n) is 8.90.